The molecule has 0 bridgehead atoms. The smallest absolute Gasteiger partial charge is 0.339 e. The van der Waals surface area contributed by atoms with Crippen LogP contribution in [0.25, 0.3) is 11.1 Å². The lowest BCUT2D eigenvalue weighted by Gasteiger charge is -2.26. The summed E-state index contributed by atoms with van der Waals surface area (Å²) >= 11 is 0. The number of hydrogen-bond acceptors (Lipinski definition) is 4. The summed E-state index contributed by atoms with van der Waals surface area (Å²) in [5, 5.41) is 9.39. The molecule has 0 radical (unpaired) electrons. The van der Waals surface area contributed by atoms with Crippen LogP contribution in [0.15, 0.2) is 78.9 Å². The molecule has 0 saturated carbocycles. The molecular weight excluding hydrogens is 376 g/mol. The third-order valence-corrected chi connectivity index (χ3v) is 4.63. The molecule has 30 heavy (non-hydrogen) atoms. The Morgan fingerprint density at radius 1 is 0.900 bits per heavy atom. The minimum Gasteiger partial charge on any atom is -0.452 e. The molecule has 5 heteroatoms. The minimum absolute atomic E-state index is 0.0895. The molecule has 3 aromatic rings. The van der Waals surface area contributed by atoms with Crippen LogP contribution in [-0.2, 0) is 9.53 Å². The van der Waals surface area contributed by atoms with Gasteiger partial charge in [-0.3, -0.25) is 4.79 Å². The van der Waals surface area contributed by atoms with Crippen molar-refractivity contribution >= 4 is 17.6 Å². The monoisotopic (exact) mass is 398 g/mol. The highest BCUT2D eigenvalue weighted by molar-refractivity contribution is 6.00. The van der Waals surface area contributed by atoms with Gasteiger partial charge in [-0.1, -0.05) is 54.6 Å². The molecule has 0 saturated heterocycles. The lowest BCUT2D eigenvalue weighted by molar-refractivity contribution is -0.122. The fraction of sp³-hybridized carbons (Fsp3) is 0.160. The molecule has 0 aromatic heterocycles. The zero-order valence-corrected chi connectivity index (χ0v) is 16.9. The van der Waals surface area contributed by atoms with Crippen molar-refractivity contribution in [1.82, 2.24) is 0 Å². The molecule has 0 aliphatic heterocycles. The van der Waals surface area contributed by atoms with Crippen molar-refractivity contribution in [2.45, 2.75) is 19.9 Å². The van der Waals surface area contributed by atoms with Crippen LogP contribution in [-0.4, -0.2) is 24.5 Å². The molecule has 0 heterocycles. The third-order valence-electron chi connectivity index (χ3n) is 4.63. The first-order valence-electron chi connectivity index (χ1n) is 9.65. The number of carbonyl (C=O) groups excluding carboxylic acids is 2. The number of amides is 1. The predicted molar refractivity (Wildman–Crippen MR) is 116 cm³/mol. The van der Waals surface area contributed by atoms with Gasteiger partial charge in [0.1, 0.15) is 0 Å². The van der Waals surface area contributed by atoms with E-state index >= 15 is 0 Å². The Kier molecular flexibility index (Phi) is 6.61. The zero-order valence-electron chi connectivity index (χ0n) is 16.9. The molecule has 3 aromatic carbocycles. The van der Waals surface area contributed by atoms with E-state index < -0.39 is 5.97 Å². The molecule has 3 rings (SSSR count). The average molecular weight is 398 g/mol. The van der Waals surface area contributed by atoms with Gasteiger partial charge in [0.15, 0.2) is 6.61 Å². The highest BCUT2D eigenvalue weighted by atomic mass is 16.5. The summed E-state index contributed by atoms with van der Waals surface area (Å²) in [7, 11) is 0. The van der Waals surface area contributed by atoms with E-state index in [1.165, 1.54) is 0 Å². The number of nitrogens with zero attached hydrogens (tertiary/aromatic N) is 2. The van der Waals surface area contributed by atoms with Crippen molar-refractivity contribution in [3.63, 3.8) is 0 Å². The number of para-hydroxylation sites is 1. The number of rotatable bonds is 6. The largest absolute Gasteiger partial charge is 0.452 e. The lowest BCUT2D eigenvalue weighted by atomic mass is 9.96. The fourth-order valence-corrected chi connectivity index (χ4v) is 3.30. The van der Waals surface area contributed by atoms with Gasteiger partial charge in [0.05, 0.1) is 17.2 Å². The van der Waals surface area contributed by atoms with E-state index in [2.05, 4.69) is 6.07 Å². The highest BCUT2D eigenvalue weighted by Gasteiger charge is 2.22. The lowest BCUT2D eigenvalue weighted by Crippen LogP contribution is -2.39. The van der Waals surface area contributed by atoms with Gasteiger partial charge in [0.2, 0.25) is 0 Å². The second-order valence-electron chi connectivity index (χ2n) is 6.97. The maximum absolute atomic E-state index is 12.8. The van der Waals surface area contributed by atoms with Gasteiger partial charge in [-0.15, -0.1) is 0 Å². The molecule has 0 unspecified atom stereocenters. The van der Waals surface area contributed by atoms with E-state index in [1.54, 1.807) is 47.4 Å². The summed E-state index contributed by atoms with van der Waals surface area (Å²) in [6.45, 7) is 3.43. The fourth-order valence-electron chi connectivity index (χ4n) is 3.30. The molecule has 0 N–H and O–H groups in total. The second-order valence-corrected chi connectivity index (χ2v) is 6.97. The van der Waals surface area contributed by atoms with Crippen molar-refractivity contribution in [2.75, 3.05) is 11.5 Å². The maximum Gasteiger partial charge on any atom is 0.339 e. The first-order chi connectivity index (χ1) is 14.5. The van der Waals surface area contributed by atoms with E-state index in [1.807, 2.05) is 50.2 Å². The molecular formula is C25H22N2O3. The summed E-state index contributed by atoms with van der Waals surface area (Å²) in [5.74, 6) is -0.914. The summed E-state index contributed by atoms with van der Waals surface area (Å²) in [6.07, 6.45) is 0. The maximum atomic E-state index is 12.8. The van der Waals surface area contributed by atoms with Crippen LogP contribution in [0.2, 0.25) is 0 Å². The molecule has 1 amide bonds. The summed E-state index contributed by atoms with van der Waals surface area (Å²) in [4.78, 5) is 27.2. The van der Waals surface area contributed by atoms with Gasteiger partial charge >= 0.3 is 5.97 Å². The van der Waals surface area contributed by atoms with Crippen molar-refractivity contribution < 1.29 is 14.3 Å². The number of ether oxygens (including phenoxy) is 1. The van der Waals surface area contributed by atoms with Gasteiger partial charge < -0.3 is 9.64 Å². The Labute approximate surface area is 176 Å². The molecule has 5 nitrogen and oxygen atoms in total. The standard InChI is InChI=1S/C25H22N2O3/c1-18(2)27(20-11-4-3-5-12-20)24(28)17-30-25(29)23-15-9-8-14-22(23)21-13-7-6-10-19(21)16-26/h3-15,18H,17H2,1-2H3. The SMILES string of the molecule is CC(C)N(C(=O)COC(=O)c1ccccc1-c1ccccc1C#N)c1ccccc1. The third kappa shape index (κ3) is 4.56. The predicted octanol–water partition coefficient (Wildman–Crippen LogP) is 4.82. The van der Waals surface area contributed by atoms with Crippen LogP contribution in [0.5, 0.6) is 0 Å². The molecule has 0 fully saturated rings. The second kappa shape index (κ2) is 9.53. The number of carbonyl (C=O) groups is 2. The van der Waals surface area contributed by atoms with Gasteiger partial charge in [-0.25, -0.2) is 4.79 Å². The van der Waals surface area contributed by atoms with E-state index in [4.69, 9.17) is 4.74 Å². The van der Waals surface area contributed by atoms with E-state index in [0.29, 0.717) is 22.3 Å². The quantitative estimate of drug-likeness (QED) is 0.558. The number of hydrogen-bond donors (Lipinski definition) is 0. The Morgan fingerprint density at radius 2 is 1.50 bits per heavy atom. The van der Waals surface area contributed by atoms with Crippen LogP contribution in [0, 0.1) is 11.3 Å². The number of nitriles is 1. The molecule has 150 valence electrons. The van der Waals surface area contributed by atoms with Gasteiger partial charge in [-0.2, -0.15) is 5.26 Å². The van der Waals surface area contributed by atoms with Crippen LogP contribution in [0.3, 0.4) is 0 Å². The Hall–Kier alpha value is -3.91. The summed E-state index contributed by atoms with van der Waals surface area (Å²) < 4.78 is 5.37. The number of esters is 1. The van der Waals surface area contributed by atoms with Crippen molar-refractivity contribution in [1.29, 1.82) is 5.26 Å². The van der Waals surface area contributed by atoms with Crippen molar-refractivity contribution in [3.8, 4) is 17.2 Å². The van der Waals surface area contributed by atoms with Gasteiger partial charge in [0.25, 0.3) is 5.91 Å². The van der Waals surface area contributed by atoms with Crippen molar-refractivity contribution in [2.24, 2.45) is 0 Å². The van der Waals surface area contributed by atoms with Crippen molar-refractivity contribution in [3.05, 3.63) is 90.0 Å². The Bertz CT molecular complexity index is 1080. The Balaban J connectivity index is 1.81. The normalized spacial score (nSPS) is 10.3. The van der Waals surface area contributed by atoms with Crippen LogP contribution in [0.1, 0.15) is 29.8 Å². The molecule has 0 aliphatic carbocycles. The van der Waals surface area contributed by atoms with Crippen LogP contribution in [0.4, 0.5) is 5.69 Å². The Morgan fingerprint density at radius 3 is 2.17 bits per heavy atom. The zero-order chi connectivity index (χ0) is 21.5. The summed E-state index contributed by atoms with van der Waals surface area (Å²) in [6, 6.07) is 25.3. The summed E-state index contributed by atoms with van der Waals surface area (Å²) in [5.41, 5.74) is 2.76. The average Bonchev–Trinajstić information content (AvgIpc) is 2.78. The minimum atomic E-state index is -0.608. The van der Waals surface area contributed by atoms with Crippen LogP contribution >= 0.6 is 0 Å². The first kappa shape index (κ1) is 20.8. The van der Waals surface area contributed by atoms with E-state index in [9.17, 15) is 14.9 Å². The number of benzene rings is 3. The topological polar surface area (TPSA) is 70.4 Å². The van der Waals surface area contributed by atoms with E-state index in [0.717, 1.165) is 5.69 Å². The highest BCUT2D eigenvalue weighted by Crippen LogP contribution is 2.27. The van der Waals surface area contributed by atoms with Crippen LogP contribution < -0.4 is 4.90 Å². The van der Waals surface area contributed by atoms with E-state index in [-0.39, 0.29) is 18.6 Å². The molecule has 0 aliphatic rings. The van der Waals surface area contributed by atoms with Gasteiger partial charge in [0, 0.05) is 17.3 Å². The molecule has 0 atom stereocenters. The number of anilines is 1. The van der Waals surface area contributed by atoms with Gasteiger partial charge in [-0.05, 0) is 43.7 Å². The molecule has 0 spiro atoms. The first-order valence-corrected chi connectivity index (χ1v) is 9.65.